The Morgan fingerprint density at radius 3 is 2.52 bits per heavy atom. The highest BCUT2D eigenvalue weighted by atomic mass is 14.9. The van der Waals surface area contributed by atoms with E-state index in [-0.39, 0.29) is 0 Å². The maximum atomic E-state index is 4.86. The van der Waals surface area contributed by atoms with Crippen LogP contribution in [0.4, 0.5) is 0 Å². The van der Waals surface area contributed by atoms with E-state index >= 15 is 0 Å². The molecule has 1 N–H and O–H groups in total. The minimum absolute atomic E-state index is 0.421. The van der Waals surface area contributed by atoms with Crippen LogP contribution in [0.1, 0.15) is 68.1 Å². The number of dihydropyridines is 1. The van der Waals surface area contributed by atoms with Gasteiger partial charge in [-0.1, -0.05) is 68.0 Å². The number of rotatable bonds is 3. The summed E-state index contributed by atoms with van der Waals surface area (Å²) in [7, 11) is 0. The highest BCUT2D eigenvalue weighted by Gasteiger charge is 2.20. The standard InChI is InChI=1S/C18H21N.C12H14N2/c1-14-6-2-8-15(9-3-7-14)17-12-5-13-18(19-17)16-10-4-11-16;1-9-3-6-12(14-7-9)11-5-4-10(2)13-8-11/h2-3,5-6,8-9,12-14,16H,4,7,10-11H2,1H3;3-8,10,13H,1-2H3/b6-2-,9-3+,15-8+;/t14-;/m0./s1. The molecular formula is C30H35N3. The van der Waals surface area contributed by atoms with E-state index < -0.39 is 0 Å². The molecule has 0 amide bonds. The van der Waals surface area contributed by atoms with Crippen molar-refractivity contribution in [2.24, 2.45) is 5.92 Å². The number of aromatic nitrogens is 2. The summed E-state index contributed by atoms with van der Waals surface area (Å²) >= 11 is 0. The van der Waals surface area contributed by atoms with Crippen molar-refractivity contribution in [3.63, 3.8) is 0 Å². The van der Waals surface area contributed by atoms with E-state index in [9.17, 15) is 0 Å². The first-order valence-corrected chi connectivity index (χ1v) is 12.2. The van der Waals surface area contributed by atoms with Crippen molar-refractivity contribution in [1.29, 1.82) is 0 Å². The molecule has 1 saturated carbocycles. The molecule has 0 aromatic carbocycles. The molecule has 2 aliphatic carbocycles. The molecule has 3 aliphatic rings. The van der Waals surface area contributed by atoms with Crippen LogP contribution in [-0.2, 0) is 0 Å². The number of pyridine rings is 2. The van der Waals surface area contributed by atoms with Gasteiger partial charge in [-0.15, -0.1) is 0 Å². The Morgan fingerprint density at radius 1 is 0.939 bits per heavy atom. The maximum absolute atomic E-state index is 4.86. The minimum atomic E-state index is 0.421. The number of nitrogens with one attached hydrogen (secondary N) is 1. The van der Waals surface area contributed by atoms with E-state index in [1.165, 1.54) is 36.1 Å². The molecule has 2 atom stereocenters. The van der Waals surface area contributed by atoms with Gasteiger partial charge in [0.25, 0.3) is 0 Å². The van der Waals surface area contributed by atoms with Crippen LogP contribution in [0.3, 0.4) is 0 Å². The molecule has 0 spiro atoms. The predicted octanol–water partition coefficient (Wildman–Crippen LogP) is 7.16. The fourth-order valence-electron chi connectivity index (χ4n) is 3.98. The van der Waals surface area contributed by atoms with Crippen molar-refractivity contribution >= 4 is 11.1 Å². The molecule has 2 aromatic rings. The van der Waals surface area contributed by atoms with Crippen molar-refractivity contribution in [3.8, 4) is 0 Å². The summed E-state index contributed by atoms with van der Waals surface area (Å²) in [6.07, 6.45) is 24.3. The zero-order valence-electron chi connectivity index (χ0n) is 20.0. The Balaban J connectivity index is 0.000000165. The highest BCUT2D eigenvalue weighted by molar-refractivity contribution is 5.73. The number of hydrogen-bond donors (Lipinski definition) is 1. The van der Waals surface area contributed by atoms with E-state index in [2.05, 4.69) is 90.9 Å². The molecule has 1 unspecified atom stereocenters. The Hall–Kier alpha value is -3.20. The Bertz CT molecular complexity index is 1080. The summed E-state index contributed by atoms with van der Waals surface area (Å²) < 4.78 is 0. The summed E-state index contributed by atoms with van der Waals surface area (Å²) in [5.74, 6) is 1.33. The van der Waals surface area contributed by atoms with Gasteiger partial charge in [0.1, 0.15) is 0 Å². The molecular weight excluding hydrogens is 402 g/mol. The second-order valence-corrected chi connectivity index (χ2v) is 9.33. The molecule has 1 aliphatic heterocycles. The summed E-state index contributed by atoms with van der Waals surface area (Å²) in [5, 5.41) is 3.26. The molecule has 0 radical (unpaired) electrons. The van der Waals surface area contributed by atoms with Crippen LogP contribution in [0, 0.1) is 12.8 Å². The van der Waals surface area contributed by atoms with Crippen molar-refractivity contribution in [2.75, 3.05) is 0 Å². The van der Waals surface area contributed by atoms with Crippen molar-refractivity contribution < 1.29 is 0 Å². The van der Waals surface area contributed by atoms with Crippen LogP contribution in [0.15, 0.2) is 85.3 Å². The molecule has 3 heteroatoms. The van der Waals surface area contributed by atoms with E-state index in [4.69, 9.17) is 4.98 Å². The van der Waals surface area contributed by atoms with Gasteiger partial charge < -0.3 is 5.32 Å². The van der Waals surface area contributed by atoms with Gasteiger partial charge in [0.15, 0.2) is 0 Å². The van der Waals surface area contributed by atoms with Gasteiger partial charge in [-0.05, 0) is 68.4 Å². The number of nitrogens with zero attached hydrogens (tertiary/aromatic N) is 2. The van der Waals surface area contributed by atoms with Crippen molar-refractivity contribution in [3.05, 3.63) is 108 Å². The van der Waals surface area contributed by atoms with Gasteiger partial charge in [-0.3, -0.25) is 9.97 Å². The van der Waals surface area contributed by atoms with E-state index in [0.29, 0.717) is 17.9 Å². The fraction of sp³-hybridized carbons (Fsp3) is 0.333. The first kappa shape index (κ1) is 23.0. The van der Waals surface area contributed by atoms with Gasteiger partial charge in [0, 0.05) is 35.6 Å². The van der Waals surface area contributed by atoms with Gasteiger partial charge in [-0.2, -0.15) is 0 Å². The second kappa shape index (κ2) is 11.1. The molecule has 3 heterocycles. The smallest absolute Gasteiger partial charge is 0.0716 e. The summed E-state index contributed by atoms with van der Waals surface area (Å²) in [4.78, 5) is 9.22. The molecule has 0 saturated heterocycles. The largest absolute Gasteiger partial charge is 0.384 e. The molecule has 1 fully saturated rings. The average molecular weight is 438 g/mol. The van der Waals surface area contributed by atoms with Crippen LogP contribution in [-0.4, -0.2) is 16.0 Å². The topological polar surface area (TPSA) is 37.8 Å². The summed E-state index contributed by atoms with van der Waals surface area (Å²) in [6, 6.07) is 11.0. The van der Waals surface area contributed by atoms with E-state index in [1.807, 2.05) is 25.4 Å². The zero-order valence-corrected chi connectivity index (χ0v) is 20.0. The highest BCUT2D eigenvalue weighted by Crippen LogP contribution is 2.35. The van der Waals surface area contributed by atoms with E-state index in [0.717, 1.165) is 23.4 Å². The van der Waals surface area contributed by atoms with Crippen LogP contribution in [0.25, 0.3) is 11.1 Å². The van der Waals surface area contributed by atoms with Crippen molar-refractivity contribution in [2.45, 2.75) is 58.4 Å². The third-order valence-electron chi connectivity index (χ3n) is 6.38. The minimum Gasteiger partial charge on any atom is -0.384 e. The first-order valence-electron chi connectivity index (χ1n) is 12.2. The number of allylic oxidation sites excluding steroid dienone is 8. The van der Waals surface area contributed by atoms with Crippen LogP contribution < -0.4 is 5.32 Å². The van der Waals surface area contributed by atoms with Crippen LogP contribution in [0.5, 0.6) is 0 Å². The quantitative estimate of drug-likeness (QED) is 0.553. The lowest BCUT2D eigenvalue weighted by Crippen LogP contribution is -2.20. The Labute approximate surface area is 198 Å². The van der Waals surface area contributed by atoms with E-state index in [1.54, 1.807) is 0 Å². The normalized spacial score (nSPS) is 25.5. The first-order chi connectivity index (χ1) is 16.1. The zero-order chi connectivity index (χ0) is 23.0. The second-order valence-electron chi connectivity index (χ2n) is 9.33. The molecule has 170 valence electrons. The monoisotopic (exact) mass is 437 g/mol. The summed E-state index contributed by atoms with van der Waals surface area (Å²) in [5.41, 5.74) is 6.96. The Morgan fingerprint density at radius 2 is 1.82 bits per heavy atom. The third-order valence-corrected chi connectivity index (χ3v) is 6.38. The maximum Gasteiger partial charge on any atom is 0.0716 e. The van der Waals surface area contributed by atoms with Crippen LogP contribution >= 0.6 is 0 Å². The lowest BCUT2D eigenvalue weighted by atomic mass is 9.82. The predicted molar refractivity (Wildman–Crippen MR) is 140 cm³/mol. The van der Waals surface area contributed by atoms with Gasteiger partial charge >= 0.3 is 0 Å². The molecule has 0 bridgehead atoms. The van der Waals surface area contributed by atoms with Crippen molar-refractivity contribution in [1.82, 2.24) is 15.3 Å². The lowest BCUT2D eigenvalue weighted by Gasteiger charge is -2.25. The molecule has 5 rings (SSSR count). The van der Waals surface area contributed by atoms with Crippen LogP contribution in [0.2, 0.25) is 0 Å². The third kappa shape index (κ3) is 6.41. The average Bonchev–Trinajstić information content (AvgIpc) is 2.77. The van der Waals surface area contributed by atoms with Gasteiger partial charge in [-0.25, -0.2) is 0 Å². The fourth-order valence-corrected chi connectivity index (χ4v) is 3.98. The van der Waals surface area contributed by atoms with Gasteiger partial charge in [0.2, 0.25) is 0 Å². The Kier molecular flexibility index (Phi) is 7.72. The summed E-state index contributed by atoms with van der Waals surface area (Å²) in [6.45, 7) is 6.41. The number of aryl methyl sites for hydroxylation is 1. The molecule has 3 nitrogen and oxygen atoms in total. The molecule has 33 heavy (non-hydrogen) atoms. The lowest BCUT2D eigenvalue weighted by molar-refractivity contribution is 0.411. The molecule has 2 aromatic heterocycles. The SMILES string of the molecule is C[C@H]1\C=C/C=C(c2cccc(C3CCC3)n2)\C=C\C1.Cc1ccc(C2=CNC(C)C=C2)nc1. The van der Waals surface area contributed by atoms with Gasteiger partial charge in [0.05, 0.1) is 11.4 Å². The number of hydrogen-bond acceptors (Lipinski definition) is 3.